The monoisotopic (exact) mass is 376 g/mol. The van der Waals surface area contributed by atoms with E-state index in [0.717, 1.165) is 5.39 Å². The topological polar surface area (TPSA) is 110 Å². The summed E-state index contributed by atoms with van der Waals surface area (Å²) in [5.41, 5.74) is 0.362. The van der Waals surface area contributed by atoms with E-state index in [1.54, 1.807) is 42.6 Å². The molecule has 2 aromatic carbocycles. The van der Waals surface area contributed by atoms with Crippen LogP contribution in [-0.4, -0.2) is 32.6 Å². The number of aromatic carboxylic acids is 1. The third-order valence-electron chi connectivity index (χ3n) is 4.32. The van der Waals surface area contributed by atoms with Gasteiger partial charge in [-0.25, -0.2) is 9.48 Å². The fourth-order valence-corrected chi connectivity index (χ4v) is 2.96. The van der Waals surface area contributed by atoms with Gasteiger partial charge in [-0.1, -0.05) is 53.7 Å². The summed E-state index contributed by atoms with van der Waals surface area (Å²) >= 11 is 0. The molecule has 0 radical (unpaired) electrons. The molecule has 4 rings (SSSR count). The molecule has 2 N–H and O–H groups in total. The van der Waals surface area contributed by atoms with Gasteiger partial charge in [-0.3, -0.25) is 4.79 Å². The lowest BCUT2D eigenvalue weighted by Crippen LogP contribution is -2.26. The number of nitrogens with one attached hydrogen (secondary N) is 1. The van der Waals surface area contributed by atoms with Gasteiger partial charge in [0.1, 0.15) is 0 Å². The number of anilines is 1. The highest BCUT2D eigenvalue weighted by Crippen LogP contribution is 2.29. The minimum absolute atomic E-state index is 0.0509. The molecule has 0 spiro atoms. The van der Waals surface area contributed by atoms with Crippen molar-refractivity contribution in [2.45, 2.75) is 6.54 Å². The first-order valence-corrected chi connectivity index (χ1v) is 8.62. The first-order valence-electron chi connectivity index (χ1n) is 8.62. The fraction of sp³-hybridized carbons (Fsp3) is 0.100. The molecule has 0 aliphatic heterocycles. The Labute approximate surface area is 159 Å². The van der Waals surface area contributed by atoms with Crippen LogP contribution in [0.25, 0.3) is 22.1 Å². The maximum atomic E-state index is 12.5. The largest absolute Gasteiger partial charge is 0.477 e. The molecule has 140 valence electrons. The highest BCUT2D eigenvalue weighted by Gasteiger charge is 2.23. The summed E-state index contributed by atoms with van der Waals surface area (Å²) in [7, 11) is 0. The quantitative estimate of drug-likeness (QED) is 0.532. The molecule has 8 nitrogen and oxygen atoms in total. The highest BCUT2D eigenvalue weighted by molar-refractivity contribution is 5.99. The molecule has 0 aliphatic rings. The van der Waals surface area contributed by atoms with E-state index in [0.29, 0.717) is 10.9 Å². The van der Waals surface area contributed by atoms with Gasteiger partial charge in [0.15, 0.2) is 17.1 Å². The van der Waals surface area contributed by atoms with Gasteiger partial charge < -0.3 is 14.9 Å². The van der Waals surface area contributed by atoms with Crippen LogP contribution in [0.3, 0.4) is 0 Å². The Balaban J connectivity index is 1.55. The van der Waals surface area contributed by atoms with Crippen molar-refractivity contribution in [1.82, 2.24) is 14.9 Å². The number of hydrogen-bond donors (Lipinski definition) is 2. The Morgan fingerprint density at radius 1 is 1.11 bits per heavy atom. The molecule has 8 heteroatoms. The number of aromatic nitrogens is 3. The van der Waals surface area contributed by atoms with Crippen LogP contribution in [0.1, 0.15) is 10.4 Å². The molecular formula is C20H16N4O4. The number of carbonyl (C=O) groups is 1. The standard InChI is InChI=1S/C20H16N4O4/c25-19-15-9-5-4-8-14(15)12-22-24(19)11-10-21-18-16(20(26)27)17(28-23-18)13-6-2-1-3-7-13/h1-9,12H,10-11H2,(H,21,23)(H,26,27). The molecule has 4 aromatic rings. The second-order valence-corrected chi connectivity index (χ2v) is 6.09. The summed E-state index contributed by atoms with van der Waals surface area (Å²) in [4.78, 5) is 24.2. The van der Waals surface area contributed by atoms with Crippen molar-refractivity contribution in [2.24, 2.45) is 0 Å². The number of benzene rings is 2. The third kappa shape index (κ3) is 3.23. The minimum atomic E-state index is -1.15. The average molecular weight is 376 g/mol. The molecule has 0 unspecified atom stereocenters. The molecule has 0 bridgehead atoms. The van der Waals surface area contributed by atoms with E-state index < -0.39 is 5.97 Å². The molecule has 0 saturated carbocycles. The number of fused-ring (bicyclic) bond motifs is 1. The Morgan fingerprint density at radius 2 is 1.86 bits per heavy atom. The van der Waals surface area contributed by atoms with Crippen LogP contribution in [-0.2, 0) is 6.54 Å². The Hall–Kier alpha value is -3.94. The Kier molecular flexibility index (Phi) is 4.59. The lowest BCUT2D eigenvalue weighted by Gasteiger charge is -2.07. The van der Waals surface area contributed by atoms with Crippen molar-refractivity contribution in [2.75, 3.05) is 11.9 Å². The molecule has 0 amide bonds. The zero-order chi connectivity index (χ0) is 19.5. The second-order valence-electron chi connectivity index (χ2n) is 6.09. The normalized spacial score (nSPS) is 10.9. The van der Waals surface area contributed by atoms with Crippen LogP contribution in [0.15, 0.2) is 70.1 Å². The summed E-state index contributed by atoms with van der Waals surface area (Å²) in [5, 5.41) is 21.8. The smallest absolute Gasteiger partial charge is 0.343 e. The van der Waals surface area contributed by atoms with Crippen molar-refractivity contribution in [1.29, 1.82) is 0 Å². The number of nitrogens with zero attached hydrogens (tertiary/aromatic N) is 3. The van der Waals surface area contributed by atoms with Crippen LogP contribution in [0, 0.1) is 0 Å². The van der Waals surface area contributed by atoms with E-state index in [1.807, 2.05) is 18.2 Å². The Bertz CT molecular complexity index is 1200. The first kappa shape index (κ1) is 17.5. The highest BCUT2D eigenvalue weighted by atomic mass is 16.5. The van der Waals surface area contributed by atoms with Gasteiger partial charge in [0.2, 0.25) is 0 Å². The third-order valence-corrected chi connectivity index (χ3v) is 4.32. The number of carboxylic acid groups (broad SMARTS) is 1. The lowest BCUT2D eigenvalue weighted by molar-refractivity contribution is 0.0698. The molecule has 0 aliphatic carbocycles. The van der Waals surface area contributed by atoms with Crippen molar-refractivity contribution in [3.63, 3.8) is 0 Å². The Morgan fingerprint density at radius 3 is 2.64 bits per heavy atom. The van der Waals surface area contributed by atoms with E-state index >= 15 is 0 Å². The van der Waals surface area contributed by atoms with E-state index in [-0.39, 0.29) is 35.8 Å². The van der Waals surface area contributed by atoms with Crippen LogP contribution in [0.2, 0.25) is 0 Å². The number of carboxylic acids is 1. The van der Waals surface area contributed by atoms with Crippen molar-refractivity contribution in [3.8, 4) is 11.3 Å². The fourth-order valence-electron chi connectivity index (χ4n) is 2.96. The molecule has 0 atom stereocenters. The van der Waals surface area contributed by atoms with E-state index in [4.69, 9.17) is 4.52 Å². The van der Waals surface area contributed by atoms with E-state index in [1.165, 1.54) is 4.68 Å². The van der Waals surface area contributed by atoms with Crippen molar-refractivity contribution >= 4 is 22.6 Å². The maximum Gasteiger partial charge on any atom is 0.343 e. The van der Waals surface area contributed by atoms with Crippen LogP contribution < -0.4 is 10.9 Å². The molecule has 2 heterocycles. The second kappa shape index (κ2) is 7.36. The lowest BCUT2D eigenvalue weighted by atomic mass is 10.1. The molecule has 0 fully saturated rings. The summed E-state index contributed by atoms with van der Waals surface area (Å²) in [6, 6.07) is 16.1. The van der Waals surface area contributed by atoms with E-state index in [2.05, 4.69) is 15.6 Å². The van der Waals surface area contributed by atoms with Crippen LogP contribution in [0.5, 0.6) is 0 Å². The van der Waals surface area contributed by atoms with Gasteiger partial charge >= 0.3 is 5.97 Å². The SMILES string of the molecule is O=C(O)c1c(NCCn2ncc3ccccc3c2=O)noc1-c1ccccc1. The first-order chi connectivity index (χ1) is 13.6. The number of hydrogen-bond acceptors (Lipinski definition) is 6. The summed E-state index contributed by atoms with van der Waals surface area (Å²) in [6.45, 7) is 0.503. The van der Waals surface area contributed by atoms with E-state index in [9.17, 15) is 14.7 Å². The number of rotatable bonds is 6. The van der Waals surface area contributed by atoms with Gasteiger partial charge in [0.05, 0.1) is 18.1 Å². The maximum absolute atomic E-state index is 12.5. The predicted molar refractivity (Wildman–Crippen MR) is 103 cm³/mol. The zero-order valence-corrected chi connectivity index (χ0v) is 14.7. The van der Waals surface area contributed by atoms with Gasteiger partial charge in [0, 0.05) is 17.5 Å². The minimum Gasteiger partial charge on any atom is -0.477 e. The van der Waals surface area contributed by atoms with Gasteiger partial charge in [0.25, 0.3) is 5.56 Å². The molecule has 28 heavy (non-hydrogen) atoms. The predicted octanol–water partition coefficient (Wildman–Crippen LogP) is 2.86. The van der Waals surface area contributed by atoms with Crippen molar-refractivity contribution < 1.29 is 14.4 Å². The van der Waals surface area contributed by atoms with Gasteiger partial charge in [-0.05, 0) is 6.07 Å². The summed E-state index contributed by atoms with van der Waals surface area (Å²) < 4.78 is 6.58. The summed E-state index contributed by atoms with van der Waals surface area (Å²) in [6.07, 6.45) is 1.63. The molecule has 2 aromatic heterocycles. The zero-order valence-electron chi connectivity index (χ0n) is 14.7. The average Bonchev–Trinajstić information content (AvgIpc) is 3.15. The van der Waals surface area contributed by atoms with Gasteiger partial charge in [-0.2, -0.15) is 5.10 Å². The molecule has 0 saturated heterocycles. The van der Waals surface area contributed by atoms with Crippen LogP contribution >= 0.6 is 0 Å². The molecular weight excluding hydrogens is 360 g/mol. The summed E-state index contributed by atoms with van der Waals surface area (Å²) in [5.74, 6) is -0.861. The van der Waals surface area contributed by atoms with Crippen LogP contribution in [0.4, 0.5) is 5.82 Å². The van der Waals surface area contributed by atoms with Crippen molar-refractivity contribution in [3.05, 3.63) is 76.7 Å². The van der Waals surface area contributed by atoms with Gasteiger partial charge in [-0.15, -0.1) is 0 Å².